The third-order valence-electron chi connectivity index (χ3n) is 2.86. The Balaban J connectivity index is 2.31. The molecule has 1 N–H and O–H groups in total. The van der Waals surface area contributed by atoms with Gasteiger partial charge in [0.2, 0.25) is 0 Å². The van der Waals surface area contributed by atoms with E-state index in [4.69, 9.17) is 11.6 Å². The molecule has 0 aliphatic carbocycles. The number of amides is 1. The Kier molecular flexibility index (Phi) is 4.89. The molecule has 0 bridgehead atoms. The summed E-state index contributed by atoms with van der Waals surface area (Å²) in [6.07, 6.45) is 0. The fourth-order valence-corrected chi connectivity index (χ4v) is 3.47. The Morgan fingerprint density at radius 2 is 1.91 bits per heavy atom. The van der Waals surface area contributed by atoms with E-state index in [1.165, 1.54) is 6.07 Å². The van der Waals surface area contributed by atoms with Gasteiger partial charge in [-0.2, -0.15) is 0 Å². The molecule has 0 spiro atoms. The van der Waals surface area contributed by atoms with Crippen LogP contribution in [-0.2, 0) is 10.0 Å². The van der Waals surface area contributed by atoms with E-state index in [2.05, 4.69) is 15.9 Å². The van der Waals surface area contributed by atoms with Crippen LogP contribution in [0.3, 0.4) is 0 Å². The molecule has 0 aromatic heterocycles. The minimum atomic E-state index is -4.14. The highest BCUT2D eigenvalue weighted by Gasteiger charge is 2.21. The molecule has 8 heteroatoms. The molecule has 1 amide bonds. The first-order valence-corrected chi connectivity index (χ1v) is 8.64. The summed E-state index contributed by atoms with van der Waals surface area (Å²) in [5.41, 5.74) is 0.833. The van der Waals surface area contributed by atoms with E-state index >= 15 is 0 Å². The first-order chi connectivity index (χ1) is 10.2. The highest BCUT2D eigenvalue weighted by molar-refractivity contribution is 9.10. The van der Waals surface area contributed by atoms with Crippen molar-refractivity contribution in [1.82, 2.24) is 4.72 Å². The van der Waals surface area contributed by atoms with Crippen molar-refractivity contribution in [3.05, 3.63) is 62.8 Å². The lowest BCUT2D eigenvalue weighted by Gasteiger charge is -2.09. The summed E-state index contributed by atoms with van der Waals surface area (Å²) in [7, 11) is -4.14. The Hall–Kier alpha value is -1.44. The minimum absolute atomic E-state index is 0.222. The second kappa shape index (κ2) is 6.36. The van der Waals surface area contributed by atoms with Gasteiger partial charge in [0.25, 0.3) is 15.9 Å². The van der Waals surface area contributed by atoms with Gasteiger partial charge in [-0.25, -0.2) is 17.5 Å². The average molecular weight is 407 g/mol. The number of benzene rings is 2. The number of carbonyl (C=O) groups is 1. The van der Waals surface area contributed by atoms with Crippen molar-refractivity contribution >= 4 is 43.5 Å². The monoisotopic (exact) mass is 405 g/mol. The SMILES string of the molecule is Cc1cc(Br)ccc1C(=O)NS(=O)(=O)c1ccc(F)c(Cl)c1. The smallest absolute Gasteiger partial charge is 0.265 e. The summed E-state index contributed by atoms with van der Waals surface area (Å²) in [6.45, 7) is 1.68. The molecule has 2 aromatic rings. The van der Waals surface area contributed by atoms with Crippen molar-refractivity contribution < 1.29 is 17.6 Å². The molecule has 0 saturated heterocycles. The van der Waals surface area contributed by atoms with E-state index in [9.17, 15) is 17.6 Å². The molecular formula is C14H10BrClFNO3S. The van der Waals surface area contributed by atoms with Crippen LogP contribution in [0.15, 0.2) is 45.8 Å². The molecule has 0 radical (unpaired) electrons. The molecule has 0 saturated carbocycles. The lowest BCUT2D eigenvalue weighted by atomic mass is 10.1. The normalized spacial score (nSPS) is 11.3. The fraction of sp³-hybridized carbons (Fsp3) is 0.0714. The number of hydrogen-bond acceptors (Lipinski definition) is 3. The highest BCUT2D eigenvalue weighted by Crippen LogP contribution is 2.20. The lowest BCUT2D eigenvalue weighted by Crippen LogP contribution is -2.31. The fourth-order valence-electron chi connectivity index (χ4n) is 1.76. The van der Waals surface area contributed by atoms with Crippen molar-refractivity contribution in [3.63, 3.8) is 0 Å². The quantitative estimate of drug-likeness (QED) is 0.846. The van der Waals surface area contributed by atoms with Crippen LogP contribution in [0.2, 0.25) is 5.02 Å². The van der Waals surface area contributed by atoms with E-state index < -0.39 is 21.7 Å². The van der Waals surface area contributed by atoms with Crippen molar-refractivity contribution in [3.8, 4) is 0 Å². The summed E-state index contributed by atoms with van der Waals surface area (Å²) in [5.74, 6) is -1.51. The van der Waals surface area contributed by atoms with Gasteiger partial charge in [0.15, 0.2) is 0 Å². The number of nitrogens with one attached hydrogen (secondary N) is 1. The van der Waals surface area contributed by atoms with Crippen molar-refractivity contribution in [1.29, 1.82) is 0 Å². The van der Waals surface area contributed by atoms with Gasteiger partial charge in [0.05, 0.1) is 9.92 Å². The predicted molar refractivity (Wildman–Crippen MR) is 84.9 cm³/mol. The molecule has 0 unspecified atom stereocenters. The molecule has 2 aromatic carbocycles. The predicted octanol–water partition coefficient (Wildman–Crippen LogP) is 3.67. The third kappa shape index (κ3) is 3.66. The van der Waals surface area contributed by atoms with Gasteiger partial charge in [0, 0.05) is 10.0 Å². The van der Waals surface area contributed by atoms with E-state index in [-0.39, 0.29) is 15.5 Å². The molecule has 2 rings (SSSR count). The van der Waals surface area contributed by atoms with E-state index in [0.29, 0.717) is 5.56 Å². The Morgan fingerprint density at radius 1 is 1.23 bits per heavy atom. The maximum atomic E-state index is 13.1. The van der Waals surface area contributed by atoms with Crippen LogP contribution in [-0.4, -0.2) is 14.3 Å². The zero-order valence-corrected chi connectivity index (χ0v) is 14.4. The van der Waals surface area contributed by atoms with Gasteiger partial charge in [-0.05, 0) is 48.9 Å². The van der Waals surface area contributed by atoms with Crippen molar-refractivity contribution in [2.45, 2.75) is 11.8 Å². The van der Waals surface area contributed by atoms with Crippen molar-refractivity contribution in [2.75, 3.05) is 0 Å². The summed E-state index contributed by atoms with van der Waals surface area (Å²) in [5, 5.41) is -0.338. The van der Waals surface area contributed by atoms with Gasteiger partial charge in [0.1, 0.15) is 5.82 Å². The first kappa shape index (κ1) is 16.9. The van der Waals surface area contributed by atoms with E-state index in [1.807, 2.05) is 4.72 Å². The Bertz CT molecular complexity index is 855. The molecule has 0 aliphatic heterocycles. The standard InChI is InChI=1S/C14H10BrClFNO3S/c1-8-6-9(15)2-4-11(8)14(19)18-22(20,21)10-3-5-13(17)12(16)7-10/h2-7H,1H3,(H,18,19). The Labute approximate surface area is 140 Å². The number of hydrogen-bond donors (Lipinski definition) is 1. The van der Waals surface area contributed by atoms with Crippen LogP contribution in [0.5, 0.6) is 0 Å². The van der Waals surface area contributed by atoms with E-state index in [0.717, 1.165) is 22.7 Å². The molecule has 0 atom stereocenters. The lowest BCUT2D eigenvalue weighted by molar-refractivity contribution is 0.0981. The second-order valence-corrected chi connectivity index (χ2v) is 7.48. The summed E-state index contributed by atoms with van der Waals surface area (Å²) in [4.78, 5) is 11.8. The Morgan fingerprint density at radius 3 is 2.50 bits per heavy atom. The van der Waals surface area contributed by atoms with Crippen LogP contribution in [0, 0.1) is 12.7 Å². The van der Waals surface area contributed by atoms with Gasteiger partial charge in [-0.15, -0.1) is 0 Å². The number of sulfonamides is 1. The van der Waals surface area contributed by atoms with E-state index in [1.54, 1.807) is 19.1 Å². The van der Waals surface area contributed by atoms with Gasteiger partial charge < -0.3 is 0 Å². The van der Waals surface area contributed by atoms with Crippen LogP contribution >= 0.6 is 27.5 Å². The molecule has 116 valence electrons. The van der Waals surface area contributed by atoms with Gasteiger partial charge in [-0.1, -0.05) is 27.5 Å². The topological polar surface area (TPSA) is 63.2 Å². The maximum absolute atomic E-state index is 13.1. The van der Waals surface area contributed by atoms with Crippen LogP contribution in [0.4, 0.5) is 4.39 Å². The van der Waals surface area contributed by atoms with Crippen LogP contribution in [0.25, 0.3) is 0 Å². The summed E-state index contributed by atoms with van der Waals surface area (Å²) >= 11 is 8.82. The second-order valence-electron chi connectivity index (χ2n) is 4.47. The van der Waals surface area contributed by atoms with Gasteiger partial charge in [-0.3, -0.25) is 4.79 Å². The first-order valence-electron chi connectivity index (χ1n) is 5.99. The summed E-state index contributed by atoms with van der Waals surface area (Å²) in [6, 6.07) is 7.72. The largest absolute Gasteiger partial charge is 0.268 e. The minimum Gasteiger partial charge on any atom is -0.268 e. The van der Waals surface area contributed by atoms with Crippen LogP contribution in [0.1, 0.15) is 15.9 Å². The molecule has 22 heavy (non-hydrogen) atoms. The molecule has 0 heterocycles. The molecule has 0 fully saturated rings. The average Bonchev–Trinajstić information content (AvgIpc) is 2.40. The molecule has 0 aliphatic rings. The number of rotatable bonds is 3. The number of carbonyl (C=O) groups excluding carboxylic acids is 1. The summed E-state index contributed by atoms with van der Waals surface area (Å²) < 4.78 is 40.1. The highest BCUT2D eigenvalue weighted by atomic mass is 79.9. The number of halogens is 3. The maximum Gasteiger partial charge on any atom is 0.265 e. The van der Waals surface area contributed by atoms with Crippen LogP contribution < -0.4 is 4.72 Å². The number of aryl methyl sites for hydroxylation is 1. The van der Waals surface area contributed by atoms with Gasteiger partial charge >= 0.3 is 0 Å². The third-order valence-corrected chi connectivity index (χ3v) is 4.97. The van der Waals surface area contributed by atoms with Crippen molar-refractivity contribution in [2.24, 2.45) is 0 Å². The molecular weight excluding hydrogens is 397 g/mol. The zero-order chi connectivity index (χ0) is 16.5. The molecule has 4 nitrogen and oxygen atoms in total. The zero-order valence-electron chi connectivity index (χ0n) is 11.2.